The van der Waals surface area contributed by atoms with Crippen LogP contribution >= 0.6 is 0 Å². The van der Waals surface area contributed by atoms with Gasteiger partial charge in [-0.15, -0.1) is 0 Å². The number of hydrogen-bond acceptors (Lipinski definition) is 5. The Balaban J connectivity index is 2.07. The van der Waals surface area contributed by atoms with Crippen LogP contribution in [-0.4, -0.2) is 19.9 Å². The molecular formula is C13H21N5O. The van der Waals surface area contributed by atoms with E-state index in [0.717, 1.165) is 12.2 Å². The van der Waals surface area contributed by atoms with Gasteiger partial charge in [-0.1, -0.05) is 5.16 Å². The number of nitrogens with zero attached hydrogens (tertiary/aromatic N) is 4. The molecule has 0 saturated heterocycles. The molecule has 0 spiro atoms. The summed E-state index contributed by atoms with van der Waals surface area (Å²) in [5.41, 5.74) is 3.53. The first-order valence-electron chi connectivity index (χ1n) is 6.59. The van der Waals surface area contributed by atoms with Crippen molar-refractivity contribution in [1.29, 1.82) is 0 Å². The quantitative estimate of drug-likeness (QED) is 0.894. The summed E-state index contributed by atoms with van der Waals surface area (Å²) in [7, 11) is 0. The number of hydrogen-bond donors (Lipinski definition) is 1. The van der Waals surface area contributed by atoms with Crippen molar-refractivity contribution in [1.82, 2.24) is 25.2 Å². The summed E-state index contributed by atoms with van der Waals surface area (Å²) in [6, 6.07) is 0.201. The van der Waals surface area contributed by atoms with Crippen molar-refractivity contribution in [2.75, 3.05) is 0 Å². The molecule has 104 valence electrons. The largest absolute Gasteiger partial charge is 0.338 e. The number of nitrogens with one attached hydrogen (secondary N) is 1. The molecule has 0 aliphatic carbocycles. The van der Waals surface area contributed by atoms with Crippen LogP contribution in [0.4, 0.5) is 0 Å². The third-order valence-corrected chi connectivity index (χ3v) is 3.30. The minimum absolute atomic E-state index is 0.201. The van der Waals surface area contributed by atoms with Gasteiger partial charge in [0.15, 0.2) is 5.82 Å². The molecule has 1 atom stereocenters. The summed E-state index contributed by atoms with van der Waals surface area (Å²) < 4.78 is 7.12. The van der Waals surface area contributed by atoms with Crippen molar-refractivity contribution in [2.24, 2.45) is 0 Å². The smallest absolute Gasteiger partial charge is 0.240 e. The summed E-state index contributed by atoms with van der Waals surface area (Å²) in [4.78, 5) is 4.18. The van der Waals surface area contributed by atoms with E-state index >= 15 is 0 Å². The highest BCUT2D eigenvalue weighted by molar-refractivity contribution is 5.27. The fraction of sp³-hybridized carbons (Fsp3) is 0.615. The number of aromatic nitrogens is 4. The summed E-state index contributed by atoms with van der Waals surface area (Å²) in [6.07, 6.45) is 0. The minimum Gasteiger partial charge on any atom is -0.338 e. The van der Waals surface area contributed by atoms with Gasteiger partial charge in [-0.25, -0.2) is 0 Å². The Labute approximate surface area is 113 Å². The van der Waals surface area contributed by atoms with Crippen LogP contribution in [0.2, 0.25) is 0 Å². The lowest BCUT2D eigenvalue weighted by atomic mass is 10.1. The molecule has 0 aliphatic heterocycles. The van der Waals surface area contributed by atoms with Gasteiger partial charge in [0.2, 0.25) is 5.89 Å². The average Bonchev–Trinajstić information content (AvgIpc) is 2.90. The van der Waals surface area contributed by atoms with Crippen molar-refractivity contribution in [3.8, 4) is 0 Å². The first-order valence-corrected chi connectivity index (χ1v) is 6.59. The standard InChI is InChI=1S/C13H21N5O/c1-6-18-10(4)13(9(3)16-18)8(2)14-7-12-15-11(5)17-19-12/h8,14H,6-7H2,1-5H3. The summed E-state index contributed by atoms with van der Waals surface area (Å²) >= 11 is 0. The van der Waals surface area contributed by atoms with Crippen molar-refractivity contribution in [2.45, 2.75) is 53.8 Å². The molecule has 0 aromatic carbocycles. The van der Waals surface area contributed by atoms with Gasteiger partial charge in [-0.2, -0.15) is 10.1 Å². The Hall–Kier alpha value is -1.69. The fourth-order valence-corrected chi connectivity index (χ4v) is 2.40. The highest BCUT2D eigenvalue weighted by Gasteiger charge is 2.17. The molecule has 0 saturated carbocycles. The SMILES string of the molecule is CCn1nc(C)c(C(C)NCc2nc(C)no2)c1C. The molecule has 19 heavy (non-hydrogen) atoms. The lowest BCUT2D eigenvalue weighted by molar-refractivity contribution is 0.357. The van der Waals surface area contributed by atoms with Gasteiger partial charge in [0.05, 0.1) is 12.2 Å². The maximum atomic E-state index is 5.09. The summed E-state index contributed by atoms with van der Waals surface area (Å²) in [6.45, 7) is 11.6. The second kappa shape index (κ2) is 5.52. The van der Waals surface area contributed by atoms with Crippen LogP contribution in [0, 0.1) is 20.8 Å². The molecule has 1 N–H and O–H groups in total. The molecule has 2 heterocycles. The van der Waals surface area contributed by atoms with Gasteiger partial charge >= 0.3 is 0 Å². The van der Waals surface area contributed by atoms with Crippen LogP contribution in [0.5, 0.6) is 0 Å². The molecule has 6 nitrogen and oxygen atoms in total. The second-order valence-electron chi connectivity index (χ2n) is 4.74. The van der Waals surface area contributed by atoms with E-state index in [2.05, 4.69) is 41.3 Å². The molecule has 2 aromatic heterocycles. The zero-order chi connectivity index (χ0) is 14.0. The Kier molecular flexibility index (Phi) is 3.99. The molecule has 6 heteroatoms. The first-order chi connectivity index (χ1) is 9.02. The van der Waals surface area contributed by atoms with Crippen LogP contribution in [0.25, 0.3) is 0 Å². The molecule has 0 amide bonds. The third-order valence-electron chi connectivity index (χ3n) is 3.30. The van der Waals surface area contributed by atoms with Crippen LogP contribution in [0.3, 0.4) is 0 Å². The molecular weight excluding hydrogens is 242 g/mol. The molecule has 0 radical (unpaired) electrons. The van der Waals surface area contributed by atoms with Crippen molar-refractivity contribution >= 4 is 0 Å². The van der Waals surface area contributed by atoms with Crippen LogP contribution < -0.4 is 5.32 Å². The van der Waals surface area contributed by atoms with E-state index in [1.807, 2.05) is 18.5 Å². The first kappa shape index (κ1) is 13.7. The molecule has 0 aliphatic rings. The van der Waals surface area contributed by atoms with Crippen molar-refractivity contribution < 1.29 is 4.52 Å². The number of rotatable bonds is 5. The molecule has 0 fully saturated rings. The lowest BCUT2D eigenvalue weighted by Gasteiger charge is -2.13. The maximum absolute atomic E-state index is 5.09. The van der Waals surface area contributed by atoms with Gasteiger partial charge in [0, 0.05) is 23.8 Å². The van der Waals surface area contributed by atoms with Crippen LogP contribution in [0.1, 0.15) is 48.6 Å². The number of aryl methyl sites for hydroxylation is 3. The Bertz CT molecular complexity index is 557. The van der Waals surface area contributed by atoms with Crippen LogP contribution in [-0.2, 0) is 13.1 Å². The van der Waals surface area contributed by atoms with Gasteiger partial charge < -0.3 is 9.84 Å². The molecule has 0 bridgehead atoms. The maximum Gasteiger partial charge on any atom is 0.240 e. The van der Waals surface area contributed by atoms with E-state index in [1.165, 1.54) is 11.3 Å². The molecule has 1 unspecified atom stereocenters. The second-order valence-corrected chi connectivity index (χ2v) is 4.74. The normalized spacial score (nSPS) is 12.9. The predicted octanol–water partition coefficient (Wildman–Crippen LogP) is 2.06. The summed E-state index contributed by atoms with van der Waals surface area (Å²) in [5, 5.41) is 11.7. The van der Waals surface area contributed by atoms with Gasteiger partial charge in [-0.05, 0) is 34.6 Å². The molecule has 2 aromatic rings. The fourth-order valence-electron chi connectivity index (χ4n) is 2.40. The van der Waals surface area contributed by atoms with Crippen molar-refractivity contribution in [3.63, 3.8) is 0 Å². The zero-order valence-corrected chi connectivity index (χ0v) is 12.2. The monoisotopic (exact) mass is 263 g/mol. The highest BCUT2D eigenvalue weighted by Crippen LogP contribution is 2.21. The van der Waals surface area contributed by atoms with Gasteiger partial charge in [0.1, 0.15) is 0 Å². The summed E-state index contributed by atoms with van der Waals surface area (Å²) in [5.74, 6) is 1.28. The van der Waals surface area contributed by atoms with Gasteiger partial charge in [-0.3, -0.25) is 4.68 Å². The van der Waals surface area contributed by atoms with E-state index in [1.54, 1.807) is 0 Å². The van der Waals surface area contributed by atoms with E-state index in [0.29, 0.717) is 18.3 Å². The Morgan fingerprint density at radius 1 is 1.32 bits per heavy atom. The van der Waals surface area contributed by atoms with Gasteiger partial charge in [0.25, 0.3) is 0 Å². The highest BCUT2D eigenvalue weighted by atomic mass is 16.5. The van der Waals surface area contributed by atoms with E-state index in [-0.39, 0.29) is 6.04 Å². The minimum atomic E-state index is 0.201. The lowest BCUT2D eigenvalue weighted by Crippen LogP contribution is -2.19. The zero-order valence-electron chi connectivity index (χ0n) is 12.2. The van der Waals surface area contributed by atoms with Crippen LogP contribution in [0.15, 0.2) is 4.52 Å². The topological polar surface area (TPSA) is 68.8 Å². The average molecular weight is 263 g/mol. The Morgan fingerprint density at radius 2 is 2.05 bits per heavy atom. The third kappa shape index (κ3) is 2.84. The van der Waals surface area contributed by atoms with Crippen molar-refractivity contribution in [3.05, 3.63) is 28.7 Å². The predicted molar refractivity (Wildman–Crippen MR) is 71.7 cm³/mol. The molecule has 2 rings (SSSR count). The van der Waals surface area contributed by atoms with E-state index in [4.69, 9.17) is 4.52 Å². The Morgan fingerprint density at radius 3 is 2.58 bits per heavy atom. The van der Waals surface area contributed by atoms with E-state index in [9.17, 15) is 0 Å². The van der Waals surface area contributed by atoms with E-state index < -0.39 is 0 Å².